The van der Waals surface area contributed by atoms with Gasteiger partial charge in [0.1, 0.15) is 5.01 Å². The van der Waals surface area contributed by atoms with Crippen molar-refractivity contribution >= 4 is 23.4 Å². The third kappa shape index (κ3) is 3.45. The Kier molecular flexibility index (Phi) is 4.53. The van der Waals surface area contributed by atoms with Gasteiger partial charge in [-0.05, 0) is 30.9 Å². The predicted octanol–water partition coefficient (Wildman–Crippen LogP) is 3.00. The van der Waals surface area contributed by atoms with Crippen LogP contribution in [0.1, 0.15) is 41.4 Å². The molecule has 0 bridgehead atoms. The van der Waals surface area contributed by atoms with E-state index in [1.54, 1.807) is 6.20 Å². The minimum Gasteiger partial charge on any atom is -0.309 e. The zero-order valence-corrected chi connectivity index (χ0v) is 14.3. The van der Waals surface area contributed by atoms with E-state index in [0.29, 0.717) is 11.5 Å². The molecule has 1 aliphatic heterocycles. The summed E-state index contributed by atoms with van der Waals surface area (Å²) in [7, 11) is 0. The highest BCUT2D eigenvalue weighted by Gasteiger charge is 2.23. The summed E-state index contributed by atoms with van der Waals surface area (Å²) in [6, 6.07) is 9.92. The number of carbonyl (C=O) groups is 1. The van der Waals surface area contributed by atoms with E-state index in [1.165, 1.54) is 11.5 Å². The molecule has 1 aromatic carbocycles. The number of aromatic amines is 1. The van der Waals surface area contributed by atoms with Gasteiger partial charge in [-0.1, -0.05) is 36.8 Å². The van der Waals surface area contributed by atoms with Gasteiger partial charge in [0.05, 0.1) is 17.5 Å². The van der Waals surface area contributed by atoms with E-state index in [2.05, 4.69) is 30.2 Å². The van der Waals surface area contributed by atoms with Crippen LogP contribution in [-0.4, -0.2) is 32.0 Å². The number of rotatable bonds is 4. The summed E-state index contributed by atoms with van der Waals surface area (Å²) >= 11 is 1.26. The molecule has 0 saturated carbocycles. The van der Waals surface area contributed by atoms with Crippen molar-refractivity contribution in [2.45, 2.75) is 25.3 Å². The van der Waals surface area contributed by atoms with Gasteiger partial charge in [-0.2, -0.15) is 14.5 Å². The monoisotopic (exact) mass is 354 g/mol. The zero-order chi connectivity index (χ0) is 17.1. The Bertz CT molecular complexity index is 853. The average Bonchev–Trinajstić information content (AvgIpc) is 3.33. The minimum atomic E-state index is -0.242. The highest BCUT2D eigenvalue weighted by Crippen LogP contribution is 2.25. The number of H-pyrrole nitrogens is 1. The molecule has 3 aromatic rings. The molecule has 0 aliphatic carbocycles. The van der Waals surface area contributed by atoms with Crippen molar-refractivity contribution in [2.75, 3.05) is 11.9 Å². The molecule has 2 aromatic heterocycles. The number of hydrogen-bond acceptors (Lipinski definition) is 6. The van der Waals surface area contributed by atoms with Crippen molar-refractivity contribution in [1.82, 2.24) is 24.9 Å². The standard InChI is InChI=1S/C17H18N6OS/c24-15(12-10-19-22-14(12)13-8-4-5-9-18-13)20-17-21-16(25-23-17)11-6-2-1-3-7-11/h1-3,6-7,10,13,18H,4-5,8-9H2,(H,19,22)(H,20,23,24). The molecule has 3 heterocycles. The fourth-order valence-electron chi connectivity index (χ4n) is 2.98. The molecule has 1 fully saturated rings. The van der Waals surface area contributed by atoms with Crippen molar-refractivity contribution in [3.63, 3.8) is 0 Å². The number of nitrogens with zero attached hydrogens (tertiary/aromatic N) is 3. The Labute approximate surface area is 149 Å². The van der Waals surface area contributed by atoms with E-state index in [4.69, 9.17) is 0 Å². The van der Waals surface area contributed by atoms with Crippen molar-refractivity contribution in [1.29, 1.82) is 0 Å². The summed E-state index contributed by atoms with van der Waals surface area (Å²) in [6.45, 7) is 0.957. The van der Waals surface area contributed by atoms with Crippen LogP contribution in [0.4, 0.5) is 5.95 Å². The maximum atomic E-state index is 12.6. The number of hydrogen-bond donors (Lipinski definition) is 3. The number of anilines is 1. The van der Waals surface area contributed by atoms with E-state index >= 15 is 0 Å². The normalized spacial score (nSPS) is 17.4. The number of amides is 1. The van der Waals surface area contributed by atoms with Crippen molar-refractivity contribution in [2.24, 2.45) is 0 Å². The molecule has 3 N–H and O–H groups in total. The first-order valence-electron chi connectivity index (χ1n) is 8.28. The molecule has 7 nitrogen and oxygen atoms in total. The molecule has 1 aliphatic rings. The number of piperidine rings is 1. The Hall–Kier alpha value is -2.58. The Morgan fingerprint density at radius 1 is 1.24 bits per heavy atom. The summed E-state index contributed by atoms with van der Waals surface area (Å²) in [5, 5.41) is 14.0. The number of benzene rings is 1. The average molecular weight is 354 g/mol. The van der Waals surface area contributed by atoms with Crippen molar-refractivity contribution in [3.8, 4) is 10.6 Å². The summed E-state index contributed by atoms with van der Waals surface area (Å²) in [5.41, 5.74) is 2.35. The summed E-state index contributed by atoms with van der Waals surface area (Å²) in [6.07, 6.45) is 4.87. The quantitative estimate of drug-likeness (QED) is 0.669. The van der Waals surface area contributed by atoms with Gasteiger partial charge in [-0.3, -0.25) is 15.2 Å². The first kappa shape index (κ1) is 15.9. The molecular weight excluding hydrogens is 336 g/mol. The van der Waals surface area contributed by atoms with Crippen LogP contribution in [0.15, 0.2) is 36.5 Å². The largest absolute Gasteiger partial charge is 0.309 e. The van der Waals surface area contributed by atoms with Gasteiger partial charge in [0.2, 0.25) is 5.95 Å². The van der Waals surface area contributed by atoms with Crippen LogP contribution in [0, 0.1) is 0 Å². The lowest BCUT2D eigenvalue weighted by Crippen LogP contribution is -2.29. The SMILES string of the molecule is O=C(Nc1nsc(-c2ccccc2)n1)c1cn[nH]c1C1CCCCN1. The van der Waals surface area contributed by atoms with Gasteiger partial charge in [0, 0.05) is 11.6 Å². The highest BCUT2D eigenvalue weighted by molar-refractivity contribution is 7.09. The van der Waals surface area contributed by atoms with Crippen LogP contribution in [0.5, 0.6) is 0 Å². The first-order chi connectivity index (χ1) is 12.3. The van der Waals surface area contributed by atoms with Gasteiger partial charge in [-0.15, -0.1) is 0 Å². The van der Waals surface area contributed by atoms with Crippen LogP contribution in [0.2, 0.25) is 0 Å². The second kappa shape index (κ2) is 7.12. The fourth-order valence-corrected chi connectivity index (χ4v) is 3.61. The molecule has 0 spiro atoms. The molecule has 1 saturated heterocycles. The molecule has 8 heteroatoms. The van der Waals surface area contributed by atoms with Crippen LogP contribution in [0.25, 0.3) is 10.6 Å². The fraction of sp³-hybridized carbons (Fsp3) is 0.294. The zero-order valence-electron chi connectivity index (χ0n) is 13.5. The molecule has 1 unspecified atom stereocenters. The molecule has 1 atom stereocenters. The third-order valence-electron chi connectivity index (χ3n) is 4.24. The first-order valence-corrected chi connectivity index (χ1v) is 9.06. The molecule has 25 heavy (non-hydrogen) atoms. The van der Waals surface area contributed by atoms with Crippen LogP contribution in [0.3, 0.4) is 0 Å². The Morgan fingerprint density at radius 2 is 2.12 bits per heavy atom. The molecule has 0 radical (unpaired) electrons. The smallest absolute Gasteiger partial charge is 0.261 e. The van der Waals surface area contributed by atoms with E-state index < -0.39 is 0 Å². The molecule has 1 amide bonds. The number of aromatic nitrogens is 4. The maximum Gasteiger partial charge on any atom is 0.261 e. The predicted molar refractivity (Wildman–Crippen MR) is 96.5 cm³/mol. The van der Waals surface area contributed by atoms with E-state index in [9.17, 15) is 4.79 Å². The highest BCUT2D eigenvalue weighted by atomic mass is 32.1. The third-order valence-corrected chi connectivity index (χ3v) is 5.01. The van der Waals surface area contributed by atoms with Gasteiger partial charge >= 0.3 is 0 Å². The van der Waals surface area contributed by atoms with Gasteiger partial charge in [0.15, 0.2) is 0 Å². The summed E-state index contributed by atoms with van der Waals surface area (Å²) in [4.78, 5) is 17.0. The van der Waals surface area contributed by atoms with Crippen LogP contribution < -0.4 is 10.6 Å². The summed E-state index contributed by atoms with van der Waals surface area (Å²) < 4.78 is 4.24. The second-order valence-electron chi connectivity index (χ2n) is 5.94. The lowest BCUT2D eigenvalue weighted by atomic mass is 9.99. The Morgan fingerprint density at radius 3 is 2.92 bits per heavy atom. The van der Waals surface area contributed by atoms with E-state index in [-0.39, 0.29) is 11.9 Å². The summed E-state index contributed by atoms with van der Waals surface area (Å²) in [5.74, 6) is 0.0751. The second-order valence-corrected chi connectivity index (χ2v) is 6.69. The van der Waals surface area contributed by atoms with Gasteiger partial charge in [0.25, 0.3) is 5.91 Å². The maximum absolute atomic E-state index is 12.6. The minimum absolute atomic E-state index is 0.139. The Balaban J connectivity index is 1.50. The lowest BCUT2D eigenvalue weighted by Gasteiger charge is -2.23. The van der Waals surface area contributed by atoms with Crippen LogP contribution >= 0.6 is 11.5 Å². The van der Waals surface area contributed by atoms with E-state index in [0.717, 1.165) is 42.1 Å². The molecule has 128 valence electrons. The van der Waals surface area contributed by atoms with Crippen LogP contribution in [-0.2, 0) is 0 Å². The van der Waals surface area contributed by atoms with Gasteiger partial charge in [-0.25, -0.2) is 0 Å². The topological polar surface area (TPSA) is 95.6 Å². The van der Waals surface area contributed by atoms with Crippen molar-refractivity contribution in [3.05, 3.63) is 47.8 Å². The molecular formula is C17H18N6OS. The lowest BCUT2D eigenvalue weighted by molar-refractivity contribution is 0.102. The number of carbonyl (C=O) groups excluding carboxylic acids is 1. The molecule has 4 rings (SSSR count). The van der Waals surface area contributed by atoms with Crippen molar-refractivity contribution < 1.29 is 4.79 Å². The van der Waals surface area contributed by atoms with Gasteiger partial charge < -0.3 is 5.32 Å². The number of nitrogens with one attached hydrogen (secondary N) is 3. The van der Waals surface area contributed by atoms with E-state index in [1.807, 2.05) is 30.3 Å².